The normalized spacial score (nSPS) is 13.2. The fourth-order valence-corrected chi connectivity index (χ4v) is 3.23. The van der Waals surface area contributed by atoms with Gasteiger partial charge < -0.3 is 10.2 Å². The fourth-order valence-electron chi connectivity index (χ4n) is 1.64. The molecule has 0 aliphatic heterocycles. The van der Waals surface area contributed by atoms with Crippen LogP contribution in [-0.4, -0.2) is 43.1 Å². The van der Waals surface area contributed by atoms with Crippen LogP contribution >= 0.6 is 23.1 Å². The minimum atomic E-state index is 0.663. The molecule has 4 heteroatoms. The van der Waals surface area contributed by atoms with E-state index in [1.165, 1.54) is 15.5 Å². The fraction of sp³-hybridized carbons (Fsp3) is 0.692. The Balaban J connectivity index is 2.11. The van der Waals surface area contributed by atoms with Crippen molar-refractivity contribution in [3.63, 3.8) is 0 Å². The summed E-state index contributed by atoms with van der Waals surface area (Å²) in [6.45, 7) is 7.63. The second-order valence-corrected chi connectivity index (χ2v) is 6.76. The van der Waals surface area contributed by atoms with Gasteiger partial charge in [0.05, 0.1) is 0 Å². The van der Waals surface area contributed by atoms with E-state index in [9.17, 15) is 0 Å². The Bertz CT molecular complexity index is 312. The van der Waals surface area contributed by atoms with Gasteiger partial charge in [-0.15, -0.1) is 11.3 Å². The molecule has 1 rings (SSSR count). The molecule has 0 radical (unpaired) electrons. The lowest BCUT2D eigenvalue weighted by Crippen LogP contribution is -2.36. The van der Waals surface area contributed by atoms with Crippen molar-refractivity contribution in [2.45, 2.75) is 26.4 Å². The van der Waals surface area contributed by atoms with E-state index in [2.05, 4.69) is 49.5 Å². The monoisotopic (exact) mass is 272 g/mol. The Hall–Kier alpha value is -0.0300. The number of hydrogen-bond acceptors (Lipinski definition) is 4. The summed E-state index contributed by atoms with van der Waals surface area (Å²) in [5, 5.41) is 3.50. The molecule has 1 heterocycles. The van der Waals surface area contributed by atoms with Gasteiger partial charge in [0, 0.05) is 41.2 Å². The van der Waals surface area contributed by atoms with Crippen LogP contribution in [0.2, 0.25) is 0 Å². The summed E-state index contributed by atoms with van der Waals surface area (Å²) in [5.74, 6) is 1.21. The van der Waals surface area contributed by atoms with Crippen LogP contribution in [0.15, 0.2) is 12.1 Å². The van der Waals surface area contributed by atoms with Crippen LogP contribution in [0.4, 0.5) is 0 Å². The molecule has 2 nitrogen and oxygen atoms in total. The zero-order valence-corrected chi connectivity index (χ0v) is 13.0. The molecule has 1 N–H and O–H groups in total. The van der Waals surface area contributed by atoms with Gasteiger partial charge in [-0.1, -0.05) is 0 Å². The lowest BCUT2D eigenvalue weighted by Gasteiger charge is -2.23. The van der Waals surface area contributed by atoms with Crippen LogP contribution in [-0.2, 0) is 6.54 Å². The molecule has 0 amide bonds. The topological polar surface area (TPSA) is 15.3 Å². The summed E-state index contributed by atoms with van der Waals surface area (Å²) in [5.41, 5.74) is 0. The minimum Gasteiger partial charge on any atom is -0.311 e. The highest BCUT2D eigenvalue weighted by molar-refractivity contribution is 7.98. The summed E-state index contributed by atoms with van der Waals surface area (Å²) in [6, 6.07) is 5.07. The number of aryl methyl sites for hydroxylation is 1. The summed E-state index contributed by atoms with van der Waals surface area (Å²) in [4.78, 5) is 5.25. The van der Waals surface area contributed by atoms with Crippen molar-refractivity contribution in [3.8, 4) is 0 Å². The Morgan fingerprint density at radius 2 is 2.24 bits per heavy atom. The second kappa shape index (κ2) is 8.14. The van der Waals surface area contributed by atoms with E-state index in [-0.39, 0.29) is 0 Å². The maximum absolute atomic E-state index is 3.50. The number of thioether (sulfide) groups is 1. The molecule has 0 aromatic carbocycles. The standard InChI is InChI=1S/C13H24N2S2/c1-11(10-16-4)15(3)8-7-14-9-13-6-5-12(2)17-13/h5-6,11,14H,7-10H2,1-4H3. The van der Waals surface area contributed by atoms with E-state index in [4.69, 9.17) is 0 Å². The van der Waals surface area contributed by atoms with Crippen LogP contribution in [0.25, 0.3) is 0 Å². The molecule has 0 spiro atoms. The number of rotatable bonds is 8. The third-order valence-electron chi connectivity index (χ3n) is 2.90. The van der Waals surface area contributed by atoms with E-state index in [0.29, 0.717) is 6.04 Å². The second-order valence-electron chi connectivity index (χ2n) is 4.47. The van der Waals surface area contributed by atoms with Crippen molar-refractivity contribution in [1.29, 1.82) is 0 Å². The molecule has 1 aromatic rings. The summed E-state index contributed by atoms with van der Waals surface area (Å²) >= 11 is 3.80. The molecule has 1 aromatic heterocycles. The number of nitrogens with zero attached hydrogens (tertiary/aromatic N) is 1. The first-order valence-corrected chi connectivity index (χ1v) is 8.29. The van der Waals surface area contributed by atoms with Crippen molar-refractivity contribution in [1.82, 2.24) is 10.2 Å². The average molecular weight is 272 g/mol. The number of nitrogens with one attached hydrogen (secondary N) is 1. The van der Waals surface area contributed by atoms with Gasteiger partial charge in [0.25, 0.3) is 0 Å². The molecule has 0 bridgehead atoms. The largest absolute Gasteiger partial charge is 0.311 e. The van der Waals surface area contributed by atoms with E-state index >= 15 is 0 Å². The Kier molecular flexibility index (Phi) is 7.19. The molecule has 1 atom stereocenters. The Morgan fingerprint density at radius 1 is 1.47 bits per heavy atom. The van der Waals surface area contributed by atoms with E-state index in [0.717, 1.165) is 19.6 Å². The van der Waals surface area contributed by atoms with Gasteiger partial charge >= 0.3 is 0 Å². The maximum Gasteiger partial charge on any atom is 0.0300 e. The molecule has 17 heavy (non-hydrogen) atoms. The summed E-state index contributed by atoms with van der Waals surface area (Å²) in [6.07, 6.45) is 2.17. The van der Waals surface area contributed by atoms with Gasteiger partial charge in [0.15, 0.2) is 0 Å². The van der Waals surface area contributed by atoms with E-state index in [1.54, 1.807) is 0 Å². The van der Waals surface area contributed by atoms with Gasteiger partial charge in [-0.2, -0.15) is 11.8 Å². The molecule has 0 fully saturated rings. The first kappa shape index (κ1) is 15.0. The van der Waals surface area contributed by atoms with Crippen LogP contribution < -0.4 is 5.32 Å². The molecule has 1 unspecified atom stereocenters. The average Bonchev–Trinajstić information content (AvgIpc) is 2.70. The van der Waals surface area contributed by atoms with Gasteiger partial charge in [0.1, 0.15) is 0 Å². The van der Waals surface area contributed by atoms with Crippen LogP contribution in [0.1, 0.15) is 16.7 Å². The number of hydrogen-bond donors (Lipinski definition) is 1. The quantitative estimate of drug-likeness (QED) is 0.733. The van der Waals surface area contributed by atoms with Crippen LogP contribution in [0, 0.1) is 6.92 Å². The smallest absolute Gasteiger partial charge is 0.0300 e. The SMILES string of the molecule is CSCC(C)N(C)CCNCc1ccc(C)s1. The molecular formula is C13H24N2S2. The Labute approximate surface area is 114 Å². The highest BCUT2D eigenvalue weighted by Gasteiger charge is 2.07. The third-order valence-corrected chi connectivity index (χ3v) is 4.71. The van der Waals surface area contributed by atoms with E-state index in [1.807, 2.05) is 23.1 Å². The van der Waals surface area contributed by atoms with Gasteiger partial charge in [0.2, 0.25) is 0 Å². The van der Waals surface area contributed by atoms with E-state index < -0.39 is 0 Å². The Morgan fingerprint density at radius 3 is 2.82 bits per heavy atom. The van der Waals surface area contributed by atoms with Gasteiger partial charge in [-0.05, 0) is 39.3 Å². The summed E-state index contributed by atoms with van der Waals surface area (Å²) < 4.78 is 0. The highest BCUT2D eigenvalue weighted by atomic mass is 32.2. The predicted molar refractivity (Wildman–Crippen MR) is 81.2 cm³/mol. The minimum absolute atomic E-state index is 0.663. The number of likely N-dealkylation sites (N-methyl/N-ethyl adjacent to an activating group) is 1. The third kappa shape index (κ3) is 5.91. The molecule has 0 aliphatic carbocycles. The van der Waals surface area contributed by atoms with Crippen molar-refractivity contribution >= 4 is 23.1 Å². The zero-order valence-electron chi connectivity index (χ0n) is 11.3. The molecular weight excluding hydrogens is 248 g/mol. The lowest BCUT2D eigenvalue weighted by atomic mass is 10.3. The maximum atomic E-state index is 3.50. The van der Waals surface area contributed by atoms with Crippen LogP contribution in [0.3, 0.4) is 0 Å². The van der Waals surface area contributed by atoms with Crippen molar-refractivity contribution in [3.05, 3.63) is 21.9 Å². The number of thiophene rings is 1. The molecule has 0 saturated carbocycles. The van der Waals surface area contributed by atoms with Gasteiger partial charge in [-0.25, -0.2) is 0 Å². The predicted octanol–water partition coefficient (Wildman–Crippen LogP) is 2.83. The first-order valence-electron chi connectivity index (χ1n) is 6.08. The van der Waals surface area contributed by atoms with Crippen molar-refractivity contribution in [2.75, 3.05) is 32.1 Å². The zero-order chi connectivity index (χ0) is 12.7. The molecule has 98 valence electrons. The first-order chi connectivity index (χ1) is 8.13. The summed E-state index contributed by atoms with van der Waals surface area (Å²) in [7, 11) is 2.21. The molecule has 0 aliphatic rings. The van der Waals surface area contributed by atoms with Crippen LogP contribution in [0.5, 0.6) is 0 Å². The van der Waals surface area contributed by atoms with Crippen molar-refractivity contribution in [2.24, 2.45) is 0 Å². The lowest BCUT2D eigenvalue weighted by molar-refractivity contribution is 0.277. The van der Waals surface area contributed by atoms with Crippen molar-refractivity contribution < 1.29 is 0 Å². The molecule has 0 saturated heterocycles. The van der Waals surface area contributed by atoms with Gasteiger partial charge in [-0.3, -0.25) is 0 Å². The highest BCUT2D eigenvalue weighted by Crippen LogP contribution is 2.14.